The molecule has 2 amide bonds. The topological polar surface area (TPSA) is 81.6 Å². The number of hydrogen-bond acceptors (Lipinski definition) is 3. The summed E-state index contributed by atoms with van der Waals surface area (Å²) < 4.78 is 36.7. The molecule has 0 aliphatic carbocycles. The van der Waals surface area contributed by atoms with E-state index in [0.29, 0.717) is 5.56 Å². The van der Waals surface area contributed by atoms with E-state index in [4.69, 9.17) is 10.2 Å². The van der Waals surface area contributed by atoms with Gasteiger partial charge in [-0.1, -0.05) is 18.2 Å². The third kappa shape index (κ3) is 6.96. The maximum atomic E-state index is 12.2. The Hall–Kier alpha value is -1.80. The zero-order chi connectivity index (χ0) is 15.9. The van der Waals surface area contributed by atoms with Gasteiger partial charge in [0.05, 0.1) is 12.7 Å². The molecule has 1 aromatic carbocycles. The van der Waals surface area contributed by atoms with Crippen molar-refractivity contribution in [3.63, 3.8) is 0 Å². The number of aliphatic hydroxyl groups is 2. The fraction of sp³-hybridized carbons (Fsp3) is 0.462. The average molecular weight is 306 g/mol. The van der Waals surface area contributed by atoms with Crippen LogP contribution in [0.15, 0.2) is 24.3 Å². The third-order valence-electron chi connectivity index (χ3n) is 2.65. The van der Waals surface area contributed by atoms with E-state index in [-0.39, 0.29) is 18.7 Å². The van der Waals surface area contributed by atoms with Crippen molar-refractivity contribution in [1.29, 1.82) is 0 Å². The predicted molar refractivity (Wildman–Crippen MR) is 70.9 cm³/mol. The van der Waals surface area contributed by atoms with E-state index in [1.807, 2.05) is 0 Å². The fourth-order valence-electron chi connectivity index (χ4n) is 1.58. The Labute approximate surface area is 119 Å². The Balaban J connectivity index is 2.60. The second-order valence-corrected chi connectivity index (χ2v) is 4.44. The zero-order valence-corrected chi connectivity index (χ0v) is 11.2. The number of urea groups is 1. The number of nitrogens with one attached hydrogen (secondary N) is 2. The molecule has 0 saturated carbocycles. The van der Waals surface area contributed by atoms with Crippen LogP contribution in [0.2, 0.25) is 0 Å². The molecular formula is C13H17F3N2O3. The normalized spacial score (nSPS) is 12.8. The predicted octanol–water partition coefficient (Wildman–Crippen LogP) is 1.66. The lowest BCUT2D eigenvalue weighted by Crippen LogP contribution is -2.36. The van der Waals surface area contributed by atoms with Crippen LogP contribution in [0.3, 0.4) is 0 Å². The monoisotopic (exact) mass is 306 g/mol. The second kappa shape index (κ2) is 7.84. The number of alkyl halides is 3. The van der Waals surface area contributed by atoms with Crippen LogP contribution in [0, 0.1) is 0 Å². The highest BCUT2D eigenvalue weighted by molar-refractivity contribution is 5.90. The van der Waals surface area contributed by atoms with Gasteiger partial charge in [-0.25, -0.2) is 4.79 Å². The highest BCUT2D eigenvalue weighted by Gasteiger charge is 2.27. The Morgan fingerprint density at radius 1 is 1.29 bits per heavy atom. The lowest BCUT2D eigenvalue weighted by molar-refractivity contribution is -0.133. The van der Waals surface area contributed by atoms with E-state index in [9.17, 15) is 18.0 Å². The minimum atomic E-state index is -4.26. The van der Waals surface area contributed by atoms with Crippen LogP contribution in [-0.4, -0.2) is 41.7 Å². The van der Waals surface area contributed by atoms with Crippen LogP contribution in [0.1, 0.15) is 12.0 Å². The molecule has 1 atom stereocenters. The first-order valence-corrected chi connectivity index (χ1v) is 6.30. The molecule has 0 radical (unpaired) electrons. The molecule has 4 N–H and O–H groups in total. The van der Waals surface area contributed by atoms with Crippen molar-refractivity contribution < 1.29 is 28.2 Å². The van der Waals surface area contributed by atoms with Crippen LogP contribution in [0.5, 0.6) is 0 Å². The van der Waals surface area contributed by atoms with E-state index in [1.165, 1.54) is 12.1 Å². The molecular weight excluding hydrogens is 289 g/mol. The Bertz CT molecular complexity index is 466. The summed E-state index contributed by atoms with van der Waals surface area (Å²) >= 11 is 0. The first kappa shape index (κ1) is 17.3. The van der Waals surface area contributed by atoms with E-state index in [2.05, 4.69) is 10.6 Å². The van der Waals surface area contributed by atoms with Gasteiger partial charge in [0, 0.05) is 18.7 Å². The van der Waals surface area contributed by atoms with Gasteiger partial charge < -0.3 is 20.8 Å². The summed E-state index contributed by atoms with van der Waals surface area (Å²) in [6.45, 7) is -0.657. The molecule has 1 rings (SSSR count). The van der Waals surface area contributed by atoms with Crippen LogP contribution >= 0.6 is 0 Å². The molecule has 0 saturated heterocycles. The number of para-hydroxylation sites is 1. The number of anilines is 1. The molecule has 0 aliphatic heterocycles. The second-order valence-electron chi connectivity index (χ2n) is 4.44. The van der Waals surface area contributed by atoms with Crippen molar-refractivity contribution in [3.8, 4) is 0 Å². The van der Waals surface area contributed by atoms with E-state index >= 15 is 0 Å². The van der Waals surface area contributed by atoms with Gasteiger partial charge in [-0.3, -0.25) is 0 Å². The maximum absolute atomic E-state index is 12.2. The van der Waals surface area contributed by atoms with Crippen LogP contribution in [0.4, 0.5) is 23.7 Å². The summed E-state index contributed by atoms with van der Waals surface area (Å²) in [6, 6.07) is 5.51. The SMILES string of the molecule is O=C(NCC(O)CO)Nc1ccccc1CCC(F)(F)F. The number of hydrogen-bond donors (Lipinski definition) is 4. The Morgan fingerprint density at radius 3 is 2.57 bits per heavy atom. The van der Waals surface area contributed by atoms with Gasteiger partial charge in [-0.2, -0.15) is 13.2 Å². The molecule has 1 aromatic rings. The first-order valence-electron chi connectivity index (χ1n) is 6.30. The number of halogens is 3. The van der Waals surface area contributed by atoms with Crippen molar-refractivity contribution in [2.24, 2.45) is 0 Å². The number of aryl methyl sites for hydroxylation is 1. The summed E-state index contributed by atoms with van der Waals surface area (Å²) in [5.41, 5.74) is 0.644. The molecule has 0 aliphatic rings. The first-order chi connectivity index (χ1) is 9.81. The largest absolute Gasteiger partial charge is 0.394 e. The minimum absolute atomic E-state index is 0.160. The molecule has 1 unspecified atom stereocenters. The molecule has 0 spiro atoms. The van der Waals surface area contributed by atoms with Crippen LogP contribution in [0.25, 0.3) is 0 Å². The quantitative estimate of drug-likeness (QED) is 0.645. The van der Waals surface area contributed by atoms with Crippen molar-refractivity contribution >= 4 is 11.7 Å². The standard InChI is InChI=1S/C13H17F3N2O3/c14-13(15,16)6-5-9-3-1-2-4-11(9)18-12(21)17-7-10(20)8-19/h1-4,10,19-20H,5-8H2,(H2,17,18,21). The van der Waals surface area contributed by atoms with Crippen molar-refractivity contribution in [2.75, 3.05) is 18.5 Å². The Morgan fingerprint density at radius 2 is 1.95 bits per heavy atom. The smallest absolute Gasteiger partial charge is 0.389 e. The van der Waals surface area contributed by atoms with Gasteiger partial charge in [0.2, 0.25) is 0 Å². The van der Waals surface area contributed by atoms with Crippen molar-refractivity contribution in [3.05, 3.63) is 29.8 Å². The highest BCUT2D eigenvalue weighted by Crippen LogP contribution is 2.25. The minimum Gasteiger partial charge on any atom is -0.394 e. The molecule has 0 fully saturated rings. The maximum Gasteiger partial charge on any atom is 0.389 e. The molecule has 0 bridgehead atoms. The average Bonchev–Trinajstić information content (AvgIpc) is 2.43. The molecule has 8 heteroatoms. The van der Waals surface area contributed by atoms with Crippen LogP contribution < -0.4 is 10.6 Å². The molecule has 118 valence electrons. The van der Waals surface area contributed by atoms with E-state index < -0.39 is 31.3 Å². The number of carbonyl (C=O) groups is 1. The van der Waals surface area contributed by atoms with Crippen molar-refractivity contribution in [1.82, 2.24) is 5.32 Å². The van der Waals surface area contributed by atoms with E-state index in [1.54, 1.807) is 12.1 Å². The van der Waals surface area contributed by atoms with Crippen LogP contribution in [-0.2, 0) is 6.42 Å². The van der Waals surface area contributed by atoms with Gasteiger partial charge in [0.25, 0.3) is 0 Å². The number of rotatable bonds is 6. The highest BCUT2D eigenvalue weighted by atomic mass is 19.4. The van der Waals surface area contributed by atoms with Gasteiger partial charge in [0.15, 0.2) is 0 Å². The number of aliphatic hydroxyl groups excluding tert-OH is 2. The van der Waals surface area contributed by atoms with Gasteiger partial charge in [0.1, 0.15) is 0 Å². The summed E-state index contributed by atoms with van der Waals surface area (Å²) in [6.07, 6.45) is -6.56. The molecule has 0 heterocycles. The summed E-state index contributed by atoms with van der Waals surface area (Å²) in [4.78, 5) is 11.5. The van der Waals surface area contributed by atoms with Crippen molar-refractivity contribution in [2.45, 2.75) is 25.1 Å². The number of benzene rings is 1. The fourth-order valence-corrected chi connectivity index (χ4v) is 1.58. The Kier molecular flexibility index (Phi) is 6.44. The lowest BCUT2D eigenvalue weighted by Gasteiger charge is -2.14. The van der Waals surface area contributed by atoms with Gasteiger partial charge >= 0.3 is 12.2 Å². The van der Waals surface area contributed by atoms with Gasteiger partial charge in [-0.15, -0.1) is 0 Å². The molecule has 21 heavy (non-hydrogen) atoms. The van der Waals surface area contributed by atoms with E-state index in [0.717, 1.165) is 0 Å². The zero-order valence-electron chi connectivity index (χ0n) is 11.2. The summed E-state index contributed by atoms with van der Waals surface area (Å²) in [7, 11) is 0. The third-order valence-corrected chi connectivity index (χ3v) is 2.65. The molecule has 0 aromatic heterocycles. The molecule has 5 nitrogen and oxygen atoms in total. The lowest BCUT2D eigenvalue weighted by atomic mass is 10.1. The summed E-state index contributed by atoms with van der Waals surface area (Å²) in [5.74, 6) is 0. The number of amides is 2. The summed E-state index contributed by atoms with van der Waals surface area (Å²) in [5, 5.41) is 22.4. The van der Waals surface area contributed by atoms with Gasteiger partial charge in [-0.05, 0) is 18.1 Å². The number of carbonyl (C=O) groups excluding carboxylic acids is 1.